The van der Waals surface area contributed by atoms with E-state index in [-0.39, 0.29) is 22.3 Å². The van der Waals surface area contributed by atoms with Crippen LogP contribution in [0.1, 0.15) is 43.6 Å². The monoisotopic (exact) mass is 424 g/mol. The lowest BCUT2D eigenvalue weighted by Crippen LogP contribution is -2.41. The van der Waals surface area contributed by atoms with Crippen molar-refractivity contribution in [3.63, 3.8) is 0 Å². The number of carbonyl (C=O) groups excluding carboxylic acids is 1. The van der Waals surface area contributed by atoms with Crippen LogP contribution in [0.15, 0.2) is 65.6 Å². The molecule has 3 aromatic carbocycles. The van der Waals surface area contributed by atoms with Crippen molar-refractivity contribution < 1.29 is 13.2 Å². The van der Waals surface area contributed by atoms with Gasteiger partial charge in [0.15, 0.2) is 0 Å². The highest BCUT2D eigenvalue weighted by molar-refractivity contribution is 7.89. The second-order valence-electron chi connectivity index (χ2n) is 8.63. The van der Waals surface area contributed by atoms with E-state index in [2.05, 4.69) is 10.0 Å². The van der Waals surface area contributed by atoms with E-state index in [1.54, 1.807) is 30.3 Å². The Morgan fingerprint density at radius 2 is 1.50 bits per heavy atom. The van der Waals surface area contributed by atoms with Gasteiger partial charge in [-0.15, -0.1) is 0 Å². The maximum atomic E-state index is 13.1. The van der Waals surface area contributed by atoms with Crippen LogP contribution < -0.4 is 10.0 Å². The third kappa shape index (κ3) is 4.55. The quantitative estimate of drug-likeness (QED) is 0.597. The molecule has 1 unspecified atom stereocenters. The van der Waals surface area contributed by atoms with E-state index in [9.17, 15) is 13.2 Å². The molecular formula is C24H28N2O3S. The van der Waals surface area contributed by atoms with Crippen molar-refractivity contribution >= 4 is 32.4 Å². The Kier molecular flexibility index (Phi) is 6.01. The summed E-state index contributed by atoms with van der Waals surface area (Å²) in [4.78, 5) is 13.0. The molecule has 0 aliphatic carbocycles. The number of hydrogen-bond acceptors (Lipinski definition) is 3. The number of anilines is 1. The summed E-state index contributed by atoms with van der Waals surface area (Å²) in [6.45, 7) is 9.70. The molecule has 0 radical (unpaired) electrons. The van der Waals surface area contributed by atoms with Gasteiger partial charge < -0.3 is 5.32 Å². The van der Waals surface area contributed by atoms with Gasteiger partial charge >= 0.3 is 0 Å². The molecule has 3 aromatic rings. The minimum Gasteiger partial charge on any atom is -0.321 e. The van der Waals surface area contributed by atoms with Crippen LogP contribution in [0.25, 0.3) is 10.8 Å². The molecular weight excluding hydrogens is 396 g/mol. The number of amides is 1. The van der Waals surface area contributed by atoms with Crippen LogP contribution >= 0.6 is 0 Å². The fourth-order valence-corrected chi connectivity index (χ4v) is 4.77. The highest BCUT2D eigenvalue weighted by atomic mass is 32.2. The van der Waals surface area contributed by atoms with Crippen molar-refractivity contribution in [2.24, 2.45) is 5.41 Å². The number of nitrogens with one attached hydrogen (secondary N) is 2. The first-order chi connectivity index (χ1) is 14.0. The molecule has 3 rings (SSSR count). The van der Waals surface area contributed by atoms with Crippen LogP contribution in [0, 0.1) is 12.3 Å². The molecule has 0 saturated carbocycles. The second kappa shape index (κ2) is 8.20. The summed E-state index contributed by atoms with van der Waals surface area (Å²) >= 11 is 0. The Morgan fingerprint density at radius 1 is 0.900 bits per heavy atom. The van der Waals surface area contributed by atoms with E-state index in [0.29, 0.717) is 22.0 Å². The second-order valence-corrected chi connectivity index (χ2v) is 10.3. The van der Waals surface area contributed by atoms with Crippen LogP contribution in [-0.2, 0) is 10.0 Å². The molecule has 30 heavy (non-hydrogen) atoms. The molecule has 2 N–H and O–H groups in total. The van der Waals surface area contributed by atoms with Gasteiger partial charge in [0.05, 0.1) is 4.90 Å². The number of rotatable bonds is 5. The SMILES string of the molecule is Cc1ccccc1C(=O)Nc1ccc(S(=O)(=O)NC(C)C(C)(C)C)c2ccccc12. The molecule has 0 heterocycles. The Bertz CT molecular complexity index is 1190. The lowest BCUT2D eigenvalue weighted by atomic mass is 9.89. The van der Waals surface area contributed by atoms with Crippen LogP contribution in [0.3, 0.4) is 0 Å². The van der Waals surface area contributed by atoms with Gasteiger partial charge in [0, 0.05) is 28.1 Å². The summed E-state index contributed by atoms with van der Waals surface area (Å²) in [6.07, 6.45) is 0. The van der Waals surface area contributed by atoms with Gasteiger partial charge in [-0.05, 0) is 43.0 Å². The number of sulfonamides is 1. The average Bonchev–Trinajstić information content (AvgIpc) is 2.67. The van der Waals surface area contributed by atoms with Crippen molar-refractivity contribution in [1.82, 2.24) is 4.72 Å². The van der Waals surface area contributed by atoms with Crippen molar-refractivity contribution in [2.45, 2.75) is 45.6 Å². The zero-order chi connectivity index (χ0) is 22.1. The zero-order valence-electron chi connectivity index (χ0n) is 18.0. The van der Waals surface area contributed by atoms with Crippen molar-refractivity contribution in [3.05, 3.63) is 71.8 Å². The smallest absolute Gasteiger partial charge is 0.255 e. The van der Waals surface area contributed by atoms with Gasteiger partial charge in [0.2, 0.25) is 10.0 Å². The Labute approximate surface area is 178 Å². The normalized spacial score (nSPS) is 13.2. The van der Waals surface area contributed by atoms with Crippen LogP contribution in [0.5, 0.6) is 0 Å². The zero-order valence-corrected chi connectivity index (χ0v) is 18.8. The molecule has 0 fully saturated rings. The molecule has 158 valence electrons. The maximum absolute atomic E-state index is 13.1. The summed E-state index contributed by atoms with van der Waals surface area (Å²) in [7, 11) is -3.74. The summed E-state index contributed by atoms with van der Waals surface area (Å²) in [5.74, 6) is -0.228. The van der Waals surface area contributed by atoms with Crippen LogP contribution in [0.4, 0.5) is 5.69 Å². The lowest BCUT2D eigenvalue weighted by molar-refractivity contribution is 0.102. The van der Waals surface area contributed by atoms with E-state index >= 15 is 0 Å². The third-order valence-corrected chi connectivity index (χ3v) is 7.04. The molecule has 1 amide bonds. The summed E-state index contributed by atoms with van der Waals surface area (Å²) in [5, 5.41) is 4.17. The van der Waals surface area contributed by atoms with Gasteiger partial charge in [-0.25, -0.2) is 13.1 Å². The van der Waals surface area contributed by atoms with Crippen molar-refractivity contribution in [1.29, 1.82) is 0 Å². The number of fused-ring (bicyclic) bond motifs is 1. The van der Waals surface area contributed by atoms with Gasteiger partial charge in [-0.2, -0.15) is 0 Å². The number of benzene rings is 3. The van der Waals surface area contributed by atoms with Gasteiger partial charge in [0.25, 0.3) is 5.91 Å². The summed E-state index contributed by atoms with van der Waals surface area (Å²) in [6, 6.07) is 17.5. The van der Waals surface area contributed by atoms with Crippen molar-refractivity contribution in [2.75, 3.05) is 5.32 Å². The molecule has 6 heteroatoms. The third-order valence-electron chi connectivity index (χ3n) is 5.44. The molecule has 0 spiro atoms. The van der Waals surface area contributed by atoms with Gasteiger partial charge in [0.1, 0.15) is 0 Å². The number of carbonyl (C=O) groups is 1. The molecule has 0 saturated heterocycles. The first-order valence-corrected chi connectivity index (χ1v) is 11.4. The molecule has 0 aliphatic heterocycles. The van der Waals surface area contributed by atoms with Crippen LogP contribution in [-0.4, -0.2) is 20.4 Å². The Hall–Kier alpha value is -2.70. The fraction of sp³-hybridized carbons (Fsp3) is 0.292. The molecule has 0 aliphatic rings. The first kappa shape index (κ1) is 22.0. The molecule has 0 aromatic heterocycles. The minimum absolute atomic E-state index is 0.197. The molecule has 5 nitrogen and oxygen atoms in total. The summed E-state index contributed by atoms with van der Waals surface area (Å²) in [5.41, 5.74) is 1.81. The Balaban J connectivity index is 2.02. The first-order valence-electron chi connectivity index (χ1n) is 9.92. The van der Waals surface area contributed by atoms with Gasteiger partial charge in [-0.3, -0.25) is 4.79 Å². The van der Waals surface area contributed by atoms with E-state index in [1.165, 1.54) is 0 Å². The summed E-state index contributed by atoms with van der Waals surface area (Å²) < 4.78 is 29.0. The van der Waals surface area contributed by atoms with E-state index in [4.69, 9.17) is 0 Å². The van der Waals surface area contributed by atoms with E-state index in [0.717, 1.165) is 5.56 Å². The highest BCUT2D eigenvalue weighted by Crippen LogP contribution is 2.31. The fourth-order valence-electron chi connectivity index (χ4n) is 3.11. The van der Waals surface area contributed by atoms with Gasteiger partial charge in [-0.1, -0.05) is 63.2 Å². The average molecular weight is 425 g/mol. The standard InChI is InChI=1S/C24H28N2O3S/c1-16-10-6-7-11-18(16)23(27)25-21-14-15-22(20-13-9-8-12-19(20)21)30(28,29)26-17(2)24(3,4)5/h6-15,17,26H,1-5H3,(H,25,27). The number of hydrogen-bond donors (Lipinski definition) is 2. The van der Waals surface area contributed by atoms with Crippen molar-refractivity contribution in [3.8, 4) is 0 Å². The molecule has 0 bridgehead atoms. The lowest BCUT2D eigenvalue weighted by Gasteiger charge is -2.28. The predicted octanol–water partition coefficient (Wildman–Crippen LogP) is 5.11. The van der Waals surface area contributed by atoms with E-state index < -0.39 is 10.0 Å². The maximum Gasteiger partial charge on any atom is 0.255 e. The van der Waals surface area contributed by atoms with E-state index in [1.807, 2.05) is 65.0 Å². The minimum atomic E-state index is -3.74. The highest BCUT2D eigenvalue weighted by Gasteiger charge is 2.27. The topological polar surface area (TPSA) is 75.3 Å². The predicted molar refractivity (Wildman–Crippen MR) is 122 cm³/mol. The molecule has 1 atom stereocenters. The Morgan fingerprint density at radius 3 is 2.13 bits per heavy atom. The largest absolute Gasteiger partial charge is 0.321 e. The van der Waals surface area contributed by atoms with Crippen LogP contribution in [0.2, 0.25) is 0 Å². The number of aryl methyl sites for hydroxylation is 1.